The Morgan fingerprint density at radius 1 is 1.53 bits per heavy atom. The van der Waals surface area contributed by atoms with Crippen molar-refractivity contribution in [2.24, 2.45) is 17.6 Å². The molecule has 5 nitrogen and oxygen atoms in total. The van der Waals surface area contributed by atoms with E-state index in [0.717, 1.165) is 6.54 Å². The molecule has 98 valence electrons. The first kappa shape index (κ1) is 15.9. The van der Waals surface area contributed by atoms with Crippen LogP contribution >= 0.6 is 12.4 Å². The van der Waals surface area contributed by atoms with E-state index in [1.165, 1.54) is 0 Å². The van der Waals surface area contributed by atoms with Crippen LogP contribution in [0.2, 0.25) is 0 Å². The van der Waals surface area contributed by atoms with Crippen molar-refractivity contribution in [3.8, 4) is 0 Å². The van der Waals surface area contributed by atoms with E-state index in [-0.39, 0.29) is 24.2 Å². The molecule has 1 unspecified atom stereocenters. The summed E-state index contributed by atoms with van der Waals surface area (Å²) < 4.78 is 1.94. The Kier molecular flexibility index (Phi) is 6.83. The number of nitrogens with one attached hydrogen (secondary N) is 1. The van der Waals surface area contributed by atoms with Gasteiger partial charge in [-0.25, -0.2) is 4.98 Å². The highest BCUT2D eigenvalue weighted by atomic mass is 35.5. The van der Waals surface area contributed by atoms with Crippen molar-refractivity contribution < 1.29 is 4.79 Å². The Bertz CT molecular complexity index is 351. The van der Waals surface area contributed by atoms with Crippen molar-refractivity contribution in [3.63, 3.8) is 0 Å². The zero-order chi connectivity index (χ0) is 12.1. The van der Waals surface area contributed by atoms with Crippen LogP contribution in [0.1, 0.15) is 20.8 Å². The van der Waals surface area contributed by atoms with Crippen molar-refractivity contribution in [3.05, 3.63) is 12.4 Å². The standard InChI is InChI=1S/C11H20N4O.ClH/c1-8(2)7-15-5-4-13-11(15)14-10(16)9(3)6-12;/h4-5,8-9H,6-7,12H2,1-3H3,(H,13,14,16);1H. The Hall–Kier alpha value is -1.07. The molecule has 0 radical (unpaired) electrons. The predicted molar refractivity (Wildman–Crippen MR) is 71.2 cm³/mol. The molecule has 1 heterocycles. The van der Waals surface area contributed by atoms with Gasteiger partial charge in [0.25, 0.3) is 0 Å². The van der Waals surface area contributed by atoms with Gasteiger partial charge in [0, 0.05) is 31.4 Å². The number of carbonyl (C=O) groups excluding carboxylic acids is 1. The fraction of sp³-hybridized carbons (Fsp3) is 0.636. The number of halogens is 1. The molecule has 0 aliphatic carbocycles. The first-order valence-electron chi connectivity index (χ1n) is 5.56. The number of imidazole rings is 1. The maximum atomic E-state index is 11.6. The maximum absolute atomic E-state index is 11.6. The molecule has 0 aliphatic rings. The quantitative estimate of drug-likeness (QED) is 0.843. The summed E-state index contributed by atoms with van der Waals surface area (Å²) in [5.41, 5.74) is 5.43. The molecule has 0 aliphatic heterocycles. The van der Waals surface area contributed by atoms with Crippen molar-refractivity contribution >= 4 is 24.3 Å². The van der Waals surface area contributed by atoms with Gasteiger partial charge in [-0.3, -0.25) is 10.1 Å². The van der Waals surface area contributed by atoms with Gasteiger partial charge < -0.3 is 10.3 Å². The average molecular weight is 261 g/mol. The predicted octanol–water partition coefficient (Wildman–Crippen LogP) is 1.49. The lowest BCUT2D eigenvalue weighted by Gasteiger charge is -2.13. The molecule has 1 aromatic rings. The molecule has 0 aromatic carbocycles. The number of nitrogens with two attached hydrogens (primary N) is 1. The van der Waals surface area contributed by atoms with Gasteiger partial charge in [0.15, 0.2) is 0 Å². The van der Waals surface area contributed by atoms with E-state index in [1.54, 1.807) is 13.1 Å². The summed E-state index contributed by atoms with van der Waals surface area (Å²) in [4.78, 5) is 15.8. The summed E-state index contributed by atoms with van der Waals surface area (Å²) in [6, 6.07) is 0. The largest absolute Gasteiger partial charge is 0.330 e. The van der Waals surface area contributed by atoms with E-state index < -0.39 is 0 Å². The summed E-state index contributed by atoms with van der Waals surface area (Å²) in [6.45, 7) is 7.22. The summed E-state index contributed by atoms with van der Waals surface area (Å²) >= 11 is 0. The number of carbonyl (C=O) groups is 1. The summed E-state index contributed by atoms with van der Waals surface area (Å²) in [6.07, 6.45) is 3.55. The van der Waals surface area contributed by atoms with Crippen LogP contribution in [0.3, 0.4) is 0 Å². The summed E-state index contributed by atoms with van der Waals surface area (Å²) in [7, 11) is 0. The Balaban J connectivity index is 0.00000256. The fourth-order valence-electron chi connectivity index (χ4n) is 1.31. The number of hydrogen-bond acceptors (Lipinski definition) is 3. The Morgan fingerprint density at radius 2 is 2.18 bits per heavy atom. The molecule has 6 heteroatoms. The van der Waals surface area contributed by atoms with Crippen molar-refractivity contribution in [2.45, 2.75) is 27.3 Å². The van der Waals surface area contributed by atoms with Crippen molar-refractivity contribution in [2.75, 3.05) is 11.9 Å². The van der Waals surface area contributed by atoms with Crippen LogP contribution in [0.15, 0.2) is 12.4 Å². The number of amides is 1. The Labute approximate surface area is 108 Å². The normalized spacial score (nSPS) is 12.1. The van der Waals surface area contributed by atoms with Gasteiger partial charge in [-0.15, -0.1) is 12.4 Å². The molecule has 0 saturated heterocycles. The molecular formula is C11H21ClN4O. The first-order chi connectivity index (χ1) is 7.54. The lowest BCUT2D eigenvalue weighted by atomic mass is 10.2. The zero-order valence-corrected chi connectivity index (χ0v) is 11.3. The van der Waals surface area contributed by atoms with E-state index >= 15 is 0 Å². The second kappa shape index (κ2) is 7.29. The highest BCUT2D eigenvalue weighted by Gasteiger charge is 2.13. The van der Waals surface area contributed by atoms with Gasteiger partial charge in [0.1, 0.15) is 0 Å². The van der Waals surface area contributed by atoms with Crippen LogP contribution in [0.4, 0.5) is 5.95 Å². The lowest BCUT2D eigenvalue weighted by Crippen LogP contribution is -2.28. The monoisotopic (exact) mass is 260 g/mol. The summed E-state index contributed by atoms with van der Waals surface area (Å²) in [5.74, 6) is 0.832. The minimum absolute atomic E-state index is 0. The van der Waals surface area contributed by atoms with Gasteiger partial charge in [-0.2, -0.15) is 0 Å². The van der Waals surface area contributed by atoms with Crippen molar-refractivity contribution in [1.82, 2.24) is 9.55 Å². The number of aromatic nitrogens is 2. The molecule has 0 saturated carbocycles. The molecule has 1 aromatic heterocycles. The second-order valence-corrected chi connectivity index (χ2v) is 4.42. The van der Waals surface area contributed by atoms with Gasteiger partial charge in [-0.1, -0.05) is 20.8 Å². The topological polar surface area (TPSA) is 72.9 Å². The molecular weight excluding hydrogens is 240 g/mol. The van der Waals surface area contributed by atoms with E-state index in [4.69, 9.17) is 5.73 Å². The fourth-order valence-corrected chi connectivity index (χ4v) is 1.31. The number of rotatable bonds is 5. The maximum Gasteiger partial charge on any atom is 0.230 e. The van der Waals surface area contributed by atoms with E-state index in [9.17, 15) is 4.79 Å². The second-order valence-electron chi connectivity index (χ2n) is 4.42. The number of hydrogen-bond donors (Lipinski definition) is 2. The molecule has 1 amide bonds. The average Bonchev–Trinajstić information content (AvgIpc) is 2.63. The van der Waals surface area contributed by atoms with Crippen LogP contribution in [-0.4, -0.2) is 22.0 Å². The smallest absolute Gasteiger partial charge is 0.230 e. The Morgan fingerprint density at radius 3 is 2.71 bits per heavy atom. The van der Waals surface area contributed by atoms with E-state index in [1.807, 2.05) is 10.8 Å². The highest BCUT2D eigenvalue weighted by molar-refractivity contribution is 5.90. The molecule has 3 N–H and O–H groups in total. The molecule has 0 fully saturated rings. The van der Waals surface area contributed by atoms with Crippen LogP contribution in [0, 0.1) is 11.8 Å². The van der Waals surface area contributed by atoms with Crippen LogP contribution in [-0.2, 0) is 11.3 Å². The number of nitrogens with zero attached hydrogens (tertiary/aromatic N) is 2. The molecule has 1 atom stereocenters. The van der Waals surface area contributed by atoms with E-state index in [2.05, 4.69) is 24.1 Å². The van der Waals surface area contributed by atoms with Crippen molar-refractivity contribution in [1.29, 1.82) is 0 Å². The van der Waals surface area contributed by atoms with Gasteiger partial charge in [-0.05, 0) is 5.92 Å². The third kappa shape index (κ3) is 4.75. The van der Waals surface area contributed by atoms with Gasteiger partial charge in [0.05, 0.1) is 0 Å². The number of anilines is 1. The summed E-state index contributed by atoms with van der Waals surface area (Å²) in [5, 5.41) is 2.78. The lowest BCUT2D eigenvalue weighted by molar-refractivity contribution is -0.119. The van der Waals surface area contributed by atoms with Crippen LogP contribution in [0.25, 0.3) is 0 Å². The first-order valence-corrected chi connectivity index (χ1v) is 5.56. The van der Waals surface area contributed by atoms with Gasteiger partial charge in [0.2, 0.25) is 11.9 Å². The minimum atomic E-state index is -0.191. The van der Waals surface area contributed by atoms with Gasteiger partial charge >= 0.3 is 0 Å². The molecule has 1 rings (SSSR count). The third-order valence-corrected chi connectivity index (χ3v) is 2.31. The SMILES string of the molecule is CC(C)Cn1ccnc1NC(=O)C(C)CN.Cl. The third-order valence-electron chi connectivity index (χ3n) is 2.31. The van der Waals surface area contributed by atoms with E-state index in [0.29, 0.717) is 18.4 Å². The molecule has 0 bridgehead atoms. The molecule has 0 spiro atoms. The highest BCUT2D eigenvalue weighted by Crippen LogP contribution is 2.09. The van der Waals surface area contributed by atoms with Crippen LogP contribution in [0.5, 0.6) is 0 Å². The van der Waals surface area contributed by atoms with Crippen LogP contribution < -0.4 is 11.1 Å². The zero-order valence-electron chi connectivity index (χ0n) is 10.5. The molecule has 17 heavy (non-hydrogen) atoms. The minimum Gasteiger partial charge on any atom is -0.330 e.